The van der Waals surface area contributed by atoms with Gasteiger partial charge in [0.1, 0.15) is 11.6 Å². The van der Waals surface area contributed by atoms with Gasteiger partial charge in [-0.2, -0.15) is 0 Å². The van der Waals surface area contributed by atoms with Gasteiger partial charge in [-0.25, -0.2) is 0 Å². The van der Waals surface area contributed by atoms with Crippen molar-refractivity contribution in [2.75, 3.05) is 12.9 Å². The summed E-state index contributed by atoms with van der Waals surface area (Å²) in [6.07, 6.45) is 1.60. The first-order chi connectivity index (χ1) is 10.1. The molecule has 1 heterocycles. The molecule has 0 atom stereocenters. The summed E-state index contributed by atoms with van der Waals surface area (Å²) in [6.45, 7) is 0. The summed E-state index contributed by atoms with van der Waals surface area (Å²) in [6, 6.07) is 7.91. The molecule has 0 amide bonds. The number of carbonyl (C=O) groups is 1. The van der Waals surface area contributed by atoms with Crippen molar-refractivity contribution in [3.8, 4) is 5.75 Å². The second-order valence-electron chi connectivity index (χ2n) is 4.49. The van der Waals surface area contributed by atoms with E-state index in [2.05, 4.69) is 10.2 Å². The third-order valence-corrected chi connectivity index (χ3v) is 4.05. The predicted octanol–water partition coefficient (Wildman–Crippen LogP) is 1.79. The second-order valence-corrected chi connectivity index (χ2v) is 5.43. The Hall–Kier alpha value is -2.02. The molecular weight excluding hydrogens is 290 g/mol. The first kappa shape index (κ1) is 15.4. The number of carboxylic acids is 1. The van der Waals surface area contributed by atoms with Crippen molar-refractivity contribution >= 4 is 17.7 Å². The van der Waals surface area contributed by atoms with Crippen molar-refractivity contribution in [2.24, 2.45) is 7.05 Å². The molecule has 0 saturated heterocycles. The molecular formula is C14H17N3O3S. The van der Waals surface area contributed by atoms with Crippen LogP contribution in [0.15, 0.2) is 29.4 Å². The Kier molecular flexibility index (Phi) is 5.21. The summed E-state index contributed by atoms with van der Waals surface area (Å²) in [5.41, 5.74) is 1.19. The van der Waals surface area contributed by atoms with E-state index in [1.54, 1.807) is 7.11 Å². The number of rotatable bonds is 7. The average molecular weight is 307 g/mol. The molecule has 21 heavy (non-hydrogen) atoms. The van der Waals surface area contributed by atoms with Crippen LogP contribution in [0.3, 0.4) is 0 Å². The Morgan fingerprint density at radius 1 is 1.29 bits per heavy atom. The zero-order valence-corrected chi connectivity index (χ0v) is 12.8. The average Bonchev–Trinajstić information content (AvgIpc) is 2.84. The van der Waals surface area contributed by atoms with Crippen molar-refractivity contribution in [3.63, 3.8) is 0 Å². The molecule has 0 unspecified atom stereocenters. The highest BCUT2D eigenvalue weighted by Gasteiger charge is 2.10. The number of nitrogens with zero attached hydrogens (tertiary/aromatic N) is 3. The Balaban J connectivity index is 1.95. The standard InChI is InChI=1S/C14H17N3O3S/c1-17-12(15-16-14(17)21-9-13(18)19)8-5-10-3-6-11(20-2)7-4-10/h3-4,6-7H,5,8-9H2,1-2H3,(H,18,19). The molecule has 1 aromatic heterocycles. The Labute approximate surface area is 127 Å². The molecule has 112 valence electrons. The lowest BCUT2D eigenvalue weighted by molar-refractivity contribution is -0.133. The van der Waals surface area contributed by atoms with E-state index in [-0.39, 0.29) is 5.75 Å². The lowest BCUT2D eigenvalue weighted by atomic mass is 10.1. The second kappa shape index (κ2) is 7.12. The number of thioether (sulfide) groups is 1. The van der Waals surface area contributed by atoms with Crippen LogP contribution in [0, 0.1) is 0 Å². The topological polar surface area (TPSA) is 77.2 Å². The van der Waals surface area contributed by atoms with E-state index in [1.165, 1.54) is 17.3 Å². The lowest BCUT2D eigenvalue weighted by Gasteiger charge is -2.04. The number of carboxylic acid groups (broad SMARTS) is 1. The van der Waals surface area contributed by atoms with Gasteiger partial charge in [0.2, 0.25) is 0 Å². The molecule has 0 fully saturated rings. The van der Waals surface area contributed by atoms with Crippen LogP contribution in [0.1, 0.15) is 11.4 Å². The van der Waals surface area contributed by atoms with Gasteiger partial charge in [0, 0.05) is 13.5 Å². The van der Waals surface area contributed by atoms with Crippen LogP contribution < -0.4 is 4.74 Å². The Morgan fingerprint density at radius 3 is 2.62 bits per heavy atom. The maximum atomic E-state index is 10.6. The molecule has 2 rings (SSSR count). The van der Waals surface area contributed by atoms with Gasteiger partial charge in [-0.3, -0.25) is 4.79 Å². The zero-order chi connectivity index (χ0) is 15.2. The minimum absolute atomic E-state index is 0.00947. The minimum Gasteiger partial charge on any atom is -0.497 e. The number of aryl methyl sites for hydroxylation is 2. The van der Waals surface area contributed by atoms with Crippen LogP contribution in [-0.2, 0) is 24.7 Å². The monoisotopic (exact) mass is 307 g/mol. The molecule has 0 saturated carbocycles. The maximum absolute atomic E-state index is 10.6. The van der Waals surface area contributed by atoms with E-state index in [4.69, 9.17) is 9.84 Å². The summed E-state index contributed by atoms with van der Waals surface area (Å²) < 4.78 is 6.97. The molecule has 0 aliphatic heterocycles. The van der Waals surface area contributed by atoms with Crippen molar-refractivity contribution in [3.05, 3.63) is 35.7 Å². The van der Waals surface area contributed by atoms with Gasteiger partial charge in [0.15, 0.2) is 5.16 Å². The van der Waals surface area contributed by atoms with Crippen LogP contribution in [0.4, 0.5) is 0 Å². The largest absolute Gasteiger partial charge is 0.497 e. The fourth-order valence-electron chi connectivity index (χ4n) is 1.86. The van der Waals surface area contributed by atoms with Gasteiger partial charge >= 0.3 is 5.97 Å². The van der Waals surface area contributed by atoms with Crippen LogP contribution in [0.25, 0.3) is 0 Å². The number of ether oxygens (including phenoxy) is 1. The highest BCUT2D eigenvalue weighted by molar-refractivity contribution is 7.99. The van der Waals surface area contributed by atoms with Gasteiger partial charge in [-0.05, 0) is 24.1 Å². The number of aromatic nitrogens is 3. The first-order valence-corrected chi connectivity index (χ1v) is 7.44. The molecule has 1 N–H and O–H groups in total. The minimum atomic E-state index is -0.859. The van der Waals surface area contributed by atoms with E-state index < -0.39 is 5.97 Å². The molecule has 1 aromatic carbocycles. The number of aliphatic carboxylic acids is 1. The smallest absolute Gasteiger partial charge is 0.313 e. The fraction of sp³-hybridized carbons (Fsp3) is 0.357. The van der Waals surface area contributed by atoms with Gasteiger partial charge in [-0.15, -0.1) is 10.2 Å². The molecule has 7 heteroatoms. The maximum Gasteiger partial charge on any atom is 0.313 e. The summed E-state index contributed by atoms with van der Waals surface area (Å²) in [5, 5.41) is 17.4. The fourth-order valence-corrected chi connectivity index (χ4v) is 2.51. The Morgan fingerprint density at radius 2 is 2.00 bits per heavy atom. The third kappa shape index (κ3) is 4.22. The van der Waals surface area contributed by atoms with Gasteiger partial charge < -0.3 is 14.4 Å². The molecule has 2 aromatic rings. The Bertz CT molecular complexity index is 610. The van der Waals surface area contributed by atoms with E-state index in [1.807, 2.05) is 35.9 Å². The molecule has 0 spiro atoms. The van der Waals surface area contributed by atoms with Crippen molar-refractivity contribution in [1.29, 1.82) is 0 Å². The van der Waals surface area contributed by atoms with Gasteiger partial charge in [0.05, 0.1) is 12.9 Å². The summed E-state index contributed by atoms with van der Waals surface area (Å²) in [4.78, 5) is 10.6. The molecule has 0 bridgehead atoms. The quantitative estimate of drug-likeness (QED) is 0.786. The SMILES string of the molecule is COc1ccc(CCc2nnc(SCC(=O)O)n2C)cc1. The highest BCUT2D eigenvalue weighted by Crippen LogP contribution is 2.17. The van der Waals surface area contributed by atoms with Crippen molar-refractivity contribution < 1.29 is 14.6 Å². The number of hydrogen-bond acceptors (Lipinski definition) is 5. The lowest BCUT2D eigenvalue weighted by Crippen LogP contribution is -2.03. The molecule has 0 aliphatic carbocycles. The van der Waals surface area contributed by atoms with Crippen LogP contribution in [0.2, 0.25) is 0 Å². The highest BCUT2D eigenvalue weighted by atomic mass is 32.2. The summed E-state index contributed by atoms with van der Waals surface area (Å²) >= 11 is 1.18. The molecule has 0 aliphatic rings. The van der Waals surface area contributed by atoms with Crippen LogP contribution in [-0.4, -0.2) is 38.7 Å². The van der Waals surface area contributed by atoms with Gasteiger partial charge in [0.25, 0.3) is 0 Å². The molecule has 0 radical (unpaired) electrons. The van der Waals surface area contributed by atoms with E-state index >= 15 is 0 Å². The number of methoxy groups -OCH3 is 1. The third-order valence-electron chi connectivity index (χ3n) is 3.05. The molecule has 6 nitrogen and oxygen atoms in total. The van der Waals surface area contributed by atoms with Crippen LogP contribution >= 0.6 is 11.8 Å². The van der Waals surface area contributed by atoms with E-state index in [9.17, 15) is 4.79 Å². The number of benzene rings is 1. The summed E-state index contributed by atoms with van der Waals surface area (Å²) in [5.74, 6) is 0.816. The van der Waals surface area contributed by atoms with Gasteiger partial charge in [-0.1, -0.05) is 23.9 Å². The predicted molar refractivity (Wildman–Crippen MR) is 79.8 cm³/mol. The van der Waals surface area contributed by atoms with E-state index in [0.717, 1.165) is 24.4 Å². The van der Waals surface area contributed by atoms with Crippen molar-refractivity contribution in [1.82, 2.24) is 14.8 Å². The number of hydrogen-bond donors (Lipinski definition) is 1. The van der Waals surface area contributed by atoms with Crippen LogP contribution in [0.5, 0.6) is 5.75 Å². The van der Waals surface area contributed by atoms with Crippen molar-refractivity contribution in [2.45, 2.75) is 18.0 Å². The van der Waals surface area contributed by atoms with E-state index in [0.29, 0.717) is 5.16 Å². The zero-order valence-electron chi connectivity index (χ0n) is 11.9. The first-order valence-electron chi connectivity index (χ1n) is 6.46. The normalized spacial score (nSPS) is 10.6. The summed E-state index contributed by atoms with van der Waals surface area (Å²) in [7, 11) is 3.50.